The second-order valence-corrected chi connectivity index (χ2v) is 8.49. The van der Waals surface area contributed by atoms with Crippen molar-refractivity contribution in [2.75, 3.05) is 58.4 Å². The Bertz CT molecular complexity index is 914. The van der Waals surface area contributed by atoms with Crippen LogP contribution in [0.5, 0.6) is 11.5 Å². The van der Waals surface area contributed by atoms with E-state index in [1.807, 2.05) is 24.3 Å². The number of hydrogen-bond donors (Lipinski definition) is 1. The molecule has 7 nitrogen and oxygen atoms in total. The smallest absolute Gasteiger partial charge is 0.240 e. The van der Waals surface area contributed by atoms with E-state index >= 15 is 0 Å². The van der Waals surface area contributed by atoms with Crippen molar-refractivity contribution in [1.29, 1.82) is 0 Å². The number of nitrogens with zero attached hydrogens (tertiary/aromatic N) is 2. The Kier molecular flexibility index (Phi) is 6.94. The molecule has 158 valence electrons. The van der Waals surface area contributed by atoms with Crippen LogP contribution in [0.15, 0.2) is 47.4 Å². The third-order valence-corrected chi connectivity index (χ3v) is 6.42. The molecule has 0 bridgehead atoms. The number of piperazine rings is 1. The van der Waals surface area contributed by atoms with Gasteiger partial charge in [-0.1, -0.05) is 0 Å². The molecule has 0 radical (unpaired) electrons. The van der Waals surface area contributed by atoms with Crippen molar-refractivity contribution in [2.45, 2.75) is 4.90 Å². The van der Waals surface area contributed by atoms with Gasteiger partial charge in [-0.25, -0.2) is 17.5 Å². The maximum atomic E-state index is 13.8. The second-order valence-electron chi connectivity index (χ2n) is 6.72. The maximum absolute atomic E-state index is 13.8. The number of ether oxygens (including phenoxy) is 2. The van der Waals surface area contributed by atoms with Crippen LogP contribution >= 0.6 is 0 Å². The number of anilines is 1. The number of methoxy groups -OCH3 is 2. The van der Waals surface area contributed by atoms with Gasteiger partial charge in [0.2, 0.25) is 10.0 Å². The van der Waals surface area contributed by atoms with Crippen molar-refractivity contribution >= 4 is 15.7 Å². The van der Waals surface area contributed by atoms with Crippen molar-refractivity contribution in [3.05, 3.63) is 48.3 Å². The van der Waals surface area contributed by atoms with Gasteiger partial charge in [-0.2, -0.15) is 0 Å². The largest absolute Gasteiger partial charge is 0.497 e. The predicted octanol–water partition coefficient (Wildman–Crippen LogP) is 1.94. The fraction of sp³-hybridized carbons (Fsp3) is 0.400. The van der Waals surface area contributed by atoms with Crippen LogP contribution in [0.2, 0.25) is 0 Å². The van der Waals surface area contributed by atoms with E-state index in [-0.39, 0.29) is 17.2 Å². The zero-order chi connectivity index (χ0) is 20.9. The molecule has 0 amide bonds. The summed E-state index contributed by atoms with van der Waals surface area (Å²) in [7, 11) is -0.785. The summed E-state index contributed by atoms with van der Waals surface area (Å²) in [5.74, 6) is 0.139. The SMILES string of the molecule is COc1ccc(N2CCN(CCNS(=O)(=O)c3ccc(OC)c(F)c3)CC2)cc1. The van der Waals surface area contributed by atoms with E-state index in [0.29, 0.717) is 6.54 Å². The molecule has 1 N–H and O–H groups in total. The summed E-state index contributed by atoms with van der Waals surface area (Å²) in [6.45, 7) is 4.26. The molecule has 29 heavy (non-hydrogen) atoms. The van der Waals surface area contributed by atoms with Crippen LogP contribution < -0.4 is 19.1 Å². The molecule has 0 aliphatic carbocycles. The zero-order valence-corrected chi connectivity index (χ0v) is 17.4. The summed E-state index contributed by atoms with van der Waals surface area (Å²) >= 11 is 0. The summed E-state index contributed by atoms with van der Waals surface area (Å²) in [6, 6.07) is 11.6. The lowest BCUT2D eigenvalue weighted by Gasteiger charge is -2.36. The minimum absolute atomic E-state index is 0.0127. The number of sulfonamides is 1. The minimum Gasteiger partial charge on any atom is -0.497 e. The van der Waals surface area contributed by atoms with E-state index in [1.54, 1.807) is 7.11 Å². The maximum Gasteiger partial charge on any atom is 0.240 e. The monoisotopic (exact) mass is 423 g/mol. The molecule has 0 atom stereocenters. The molecule has 1 heterocycles. The standard InChI is InChI=1S/C20H26FN3O4S/c1-27-17-5-3-16(4-6-17)24-13-11-23(12-14-24)10-9-22-29(25,26)18-7-8-20(28-2)19(21)15-18/h3-8,15,22H,9-14H2,1-2H3. The van der Waals surface area contributed by atoms with Gasteiger partial charge >= 0.3 is 0 Å². The highest BCUT2D eigenvalue weighted by molar-refractivity contribution is 7.89. The van der Waals surface area contributed by atoms with Gasteiger partial charge in [-0.05, 0) is 42.5 Å². The highest BCUT2D eigenvalue weighted by atomic mass is 32.2. The van der Waals surface area contributed by atoms with E-state index < -0.39 is 15.8 Å². The van der Waals surface area contributed by atoms with Crippen LogP contribution in [0.3, 0.4) is 0 Å². The topological polar surface area (TPSA) is 71.1 Å². The summed E-state index contributed by atoms with van der Waals surface area (Å²) < 4.78 is 51.0. The Labute approximate surface area is 171 Å². The van der Waals surface area contributed by atoms with Gasteiger partial charge in [0.05, 0.1) is 19.1 Å². The van der Waals surface area contributed by atoms with Crippen LogP contribution in [0, 0.1) is 5.82 Å². The molecule has 1 saturated heterocycles. The summed E-state index contributed by atoms with van der Waals surface area (Å²) in [4.78, 5) is 4.39. The van der Waals surface area contributed by atoms with Gasteiger partial charge in [-0.15, -0.1) is 0 Å². The van der Waals surface area contributed by atoms with E-state index in [9.17, 15) is 12.8 Å². The van der Waals surface area contributed by atoms with Gasteiger partial charge < -0.3 is 14.4 Å². The Morgan fingerprint density at radius 1 is 1.00 bits per heavy atom. The lowest BCUT2D eigenvalue weighted by molar-refractivity contribution is 0.262. The van der Waals surface area contributed by atoms with Crippen molar-refractivity contribution in [3.63, 3.8) is 0 Å². The Morgan fingerprint density at radius 2 is 1.69 bits per heavy atom. The van der Waals surface area contributed by atoms with Crippen molar-refractivity contribution < 1.29 is 22.3 Å². The lowest BCUT2D eigenvalue weighted by atomic mass is 10.2. The second kappa shape index (κ2) is 9.43. The summed E-state index contributed by atoms with van der Waals surface area (Å²) in [5.41, 5.74) is 1.15. The first-order valence-corrected chi connectivity index (χ1v) is 10.9. The third kappa shape index (κ3) is 5.37. The Morgan fingerprint density at radius 3 is 2.28 bits per heavy atom. The molecule has 2 aromatic rings. The molecule has 9 heteroatoms. The van der Waals surface area contributed by atoms with Crippen LogP contribution in [0.4, 0.5) is 10.1 Å². The van der Waals surface area contributed by atoms with E-state index in [0.717, 1.165) is 43.7 Å². The fourth-order valence-electron chi connectivity index (χ4n) is 3.26. The van der Waals surface area contributed by atoms with Gasteiger partial charge in [-0.3, -0.25) is 4.90 Å². The molecule has 0 unspecified atom stereocenters. The van der Waals surface area contributed by atoms with E-state index in [4.69, 9.17) is 9.47 Å². The van der Waals surface area contributed by atoms with Gasteiger partial charge in [0, 0.05) is 45.0 Å². The highest BCUT2D eigenvalue weighted by Gasteiger charge is 2.19. The number of benzene rings is 2. The minimum atomic E-state index is -3.76. The van der Waals surface area contributed by atoms with Gasteiger partial charge in [0.25, 0.3) is 0 Å². The first kappa shape index (κ1) is 21.4. The van der Waals surface area contributed by atoms with Crippen LogP contribution in [-0.2, 0) is 10.0 Å². The van der Waals surface area contributed by atoms with Crippen LogP contribution in [0.1, 0.15) is 0 Å². The summed E-state index contributed by atoms with van der Waals surface area (Å²) in [5, 5.41) is 0. The first-order chi connectivity index (χ1) is 13.9. The van der Waals surface area contributed by atoms with Crippen molar-refractivity contribution in [1.82, 2.24) is 9.62 Å². The van der Waals surface area contributed by atoms with Crippen molar-refractivity contribution in [3.8, 4) is 11.5 Å². The normalized spacial score (nSPS) is 15.3. The fourth-order valence-corrected chi connectivity index (χ4v) is 4.29. The molecule has 1 fully saturated rings. The van der Waals surface area contributed by atoms with Gasteiger partial charge in [0.15, 0.2) is 11.6 Å². The van der Waals surface area contributed by atoms with E-state index in [2.05, 4.69) is 14.5 Å². The molecule has 0 saturated carbocycles. The Balaban J connectivity index is 1.47. The third-order valence-electron chi connectivity index (χ3n) is 4.96. The van der Waals surface area contributed by atoms with Crippen LogP contribution in [0.25, 0.3) is 0 Å². The summed E-state index contributed by atoms with van der Waals surface area (Å²) in [6.07, 6.45) is 0. The average Bonchev–Trinajstić information content (AvgIpc) is 2.74. The molecule has 1 aliphatic rings. The molecular formula is C20H26FN3O4S. The average molecular weight is 424 g/mol. The molecular weight excluding hydrogens is 397 g/mol. The number of halogens is 1. The number of hydrogen-bond acceptors (Lipinski definition) is 6. The molecule has 2 aromatic carbocycles. The van der Waals surface area contributed by atoms with Crippen LogP contribution in [-0.4, -0.2) is 66.8 Å². The van der Waals surface area contributed by atoms with Crippen molar-refractivity contribution in [2.24, 2.45) is 0 Å². The number of rotatable bonds is 8. The molecule has 0 aromatic heterocycles. The first-order valence-electron chi connectivity index (χ1n) is 9.37. The predicted molar refractivity (Wildman–Crippen MR) is 110 cm³/mol. The zero-order valence-electron chi connectivity index (χ0n) is 16.6. The van der Waals surface area contributed by atoms with Gasteiger partial charge in [0.1, 0.15) is 5.75 Å². The highest BCUT2D eigenvalue weighted by Crippen LogP contribution is 2.21. The molecule has 3 rings (SSSR count). The van der Waals surface area contributed by atoms with E-state index in [1.165, 1.54) is 19.2 Å². The molecule has 1 aliphatic heterocycles. The lowest BCUT2D eigenvalue weighted by Crippen LogP contribution is -2.48. The quantitative estimate of drug-likeness (QED) is 0.700. The Hall–Kier alpha value is -2.36. The molecule has 0 spiro atoms. The number of nitrogens with one attached hydrogen (secondary N) is 1.